The first kappa shape index (κ1) is 23.0. The number of anilines is 1. The summed E-state index contributed by atoms with van der Waals surface area (Å²) in [5.41, 5.74) is 1.18. The van der Waals surface area contributed by atoms with Crippen LogP contribution < -0.4 is 15.5 Å². The number of hydrogen-bond acceptors (Lipinski definition) is 3. The van der Waals surface area contributed by atoms with Gasteiger partial charge in [-0.25, -0.2) is 0 Å². The molecule has 1 amide bonds. The number of rotatable bonds is 7. The Morgan fingerprint density at radius 2 is 2.04 bits per heavy atom. The molecule has 1 heterocycles. The molecule has 0 spiro atoms. The summed E-state index contributed by atoms with van der Waals surface area (Å²) >= 11 is 0. The number of amides is 1. The molecule has 138 valence electrons. The van der Waals surface area contributed by atoms with Crippen molar-refractivity contribution in [2.45, 2.75) is 26.2 Å². The number of para-hydroxylation sites is 1. The first-order chi connectivity index (χ1) is 10.7. The van der Waals surface area contributed by atoms with Crippen molar-refractivity contribution in [2.24, 2.45) is 11.8 Å². The number of carbonyl (C=O) groups is 1. The van der Waals surface area contributed by atoms with Gasteiger partial charge in [-0.1, -0.05) is 25.1 Å². The van der Waals surface area contributed by atoms with Crippen molar-refractivity contribution in [1.29, 1.82) is 0 Å². The highest BCUT2D eigenvalue weighted by molar-refractivity contribution is 5.85. The van der Waals surface area contributed by atoms with Crippen LogP contribution in [0, 0.1) is 11.8 Å². The SMILES string of the molecule is CC(CC(=O)NCCN(C)c1ccccc1)C1CCCNC1.Cl.Cl. The molecule has 0 saturated carbocycles. The topological polar surface area (TPSA) is 44.4 Å². The van der Waals surface area contributed by atoms with Crippen LogP contribution >= 0.6 is 24.8 Å². The number of hydrogen-bond donors (Lipinski definition) is 2. The van der Waals surface area contributed by atoms with Gasteiger partial charge in [0.05, 0.1) is 0 Å². The van der Waals surface area contributed by atoms with Crippen LogP contribution in [0.2, 0.25) is 0 Å². The summed E-state index contributed by atoms with van der Waals surface area (Å²) in [6.07, 6.45) is 3.12. The van der Waals surface area contributed by atoms with Crippen LogP contribution in [0.15, 0.2) is 30.3 Å². The van der Waals surface area contributed by atoms with Gasteiger partial charge in [-0.2, -0.15) is 0 Å². The fourth-order valence-electron chi connectivity index (χ4n) is 3.07. The van der Waals surface area contributed by atoms with E-state index in [1.165, 1.54) is 18.5 Å². The highest BCUT2D eigenvalue weighted by Crippen LogP contribution is 2.22. The van der Waals surface area contributed by atoms with Gasteiger partial charge >= 0.3 is 0 Å². The van der Waals surface area contributed by atoms with E-state index in [9.17, 15) is 4.79 Å². The van der Waals surface area contributed by atoms with E-state index >= 15 is 0 Å². The Morgan fingerprint density at radius 3 is 2.67 bits per heavy atom. The lowest BCUT2D eigenvalue weighted by Crippen LogP contribution is -2.37. The second-order valence-corrected chi connectivity index (χ2v) is 6.39. The van der Waals surface area contributed by atoms with Gasteiger partial charge < -0.3 is 15.5 Å². The van der Waals surface area contributed by atoms with Crippen LogP contribution in [-0.4, -0.2) is 39.1 Å². The maximum absolute atomic E-state index is 12.1. The van der Waals surface area contributed by atoms with E-state index in [1.54, 1.807) is 0 Å². The van der Waals surface area contributed by atoms with Crippen LogP contribution in [0.4, 0.5) is 5.69 Å². The zero-order valence-electron chi connectivity index (χ0n) is 14.7. The fourth-order valence-corrected chi connectivity index (χ4v) is 3.07. The van der Waals surface area contributed by atoms with Gasteiger partial charge in [-0.05, 0) is 49.9 Å². The minimum absolute atomic E-state index is 0. The molecule has 0 bridgehead atoms. The number of likely N-dealkylation sites (N-methyl/N-ethyl adjacent to an activating group) is 1. The Morgan fingerprint density at radius 1 is 1.33 bits per heavy atom. The zero-order chi connectivity index (χ0) is 15.8. The lowest BCUT2D eigenvalue weighted by molar-refractivity contribution is -0.122. The summed E-state index contributed by atoms with van der Waals surface area (Å²) in [5.74, 6) is 1.28. The average Bonchev–Trinajstić information content (AvgIpc) is 2.56. The predicted molar refractivity (Wildman–Crippen MR) is 107 cm³/mol. The molecule has 0 aliphatic carbocycles. The minimum Gasteiger partial charge on any atom is -0.373 e. The molecule has 24 heavy (non-hydrogen) atoms. The fraction of sp³-hybridized carbons (Fsp3) is 0.611. The quantitative estimate of drug-likeness (QED) is 0.769. The third-order valence-corrected chi connectivity index (χ3v) is 4.61. The summed E-state index contributed by atoms with van der Waals surface area (Å²) < 4.78 is 0. The number of benzene rings is 1. The molecule has 2 atom stereocenters. The second-order valence-electron chi connectivity index (χ2n) is 6.39. The van der Waals surface area contributed by atoms with E-state index in [-0.39, 0.29) is 30.7 Å². The van der Waals surface area contributed by atoms with Crippen molar-refractivity contribution in [2.75, 3.05) is 38.1 Å². The van der Waals surface area contributed by atoms with Gasteiger partial charge in [0.25, 0.3) is 0 Å². The molecule has 1 saturated heterocycles. The number of carbonyl (C=O) groups excluding carboxylic acids is 1. The second kappa shape index (κ2) is 12.4. The first-order valence-corrected chi connectivity index (χ1v) is 8.40. The van der Waals surface area contributed by atoms with Crippen LogP contribution in [0.5, 0.6) is 0 Å². The van der Waals surface area contributed by atoms with Crippen molar-refractivity contribution >= 4 is 36.4 Å². The van der Waals surface area contributed by atoms with E-state index < -0.39 is 0 Å². The molecule has 6 heteroatoms. The van der Waals surface area contributed by atoms with Gasteiger partial charge in [-0.3, -0.25) is 4.79 Å². The number of nitrogens with zero attached hydrogens (tertiary/aromatic N) is 1. The van der Waals surface area contributed by atoms with Crippen molar-refractivity contribution in [3.63, 3.8) is 0 Å². The Labute approximate surface area is 158 Å². The molecule has 1 aliphatic rings. The standard InChI is InChI=1S/C18H29N3O.2ClH/c1-15(16-7-6-10-19-14-16)13-18(22)20-11-12-21(2)17-8-4-3-5-9-17;;/h3-5,8-9,15-16,19H,6-7,10-14H2,1-2H3,(H,20,22);2*1H. The summed E-state index contributed by atoms with van der Waals surface area (Å²) in [6, 6.07) is 10.2. The first-order valence-electron chi connectivity index (χ1n) is 8.40. The lowest BCUT2D eigenvalue weighted by atomic mass is 9.85. The summed E-state index contributed by atoms with van der Waals surface area (Å²) in [5, 5.41) is 6.48. The van der Waals surface area contributed by atoms with Crippen LogP contribution in [0.1, 0.15) is 26.2 Å². The predicted octanol–water partition coefficient (Wildman–Crippen LogP) is 3.11. The summed E-state index contributed by atoms with van der Waals surface area (Å²) in [6.45, 7) is 5.91. The van der Waals surface area contributed by atoms with Gasteiger partial charge in [0.15, 0.2) is 0 Å². The molecular weight excluding hydrogens is 345 g/mol. The molecule has 1 aromatic carbocycles. The number of piperidine rings is 1. The van der Waals surface area contributed by atoms with Crippen molar-refractivity contribution < 1.29 is 4.79 Å². The lowest BCUT2D eigenvalue weighted by Gasteiger charge is -2.28. The third kappa shape index (κ3) is 7.73. The molecule has 4 nitrogen and oxygen atoms in total. The Hall–Kier alpha value is -0.970. The Balaban J connectivity index is 0.00000264. The van der Waals surface area contributed by atoms with Crippen molar-refractivity contribution in [3.05, 3.63) is 30.3 Å². The Bertz CT molecular complexity index is 453. The van der Waals surface area contributed by atoms with E-state index in [2.05, 4.69) is 41.6 Å². The third-order valence-electron chi connectivity index (χ3n) is 4.61. The molecule has 1 fully saturated rings. The normalized spacial score (nSPS) is 17.8. The van der Waals surface area contributed by atoms with E-state index in [0.29, 0.717) is 24.8 Å². The molecular formula is C18H31Cl2N3O. The van der Waals surface area contributed by atoms with Gasteiger partial charge in [-0.15, -0.1) is 24.8 Å². The Kier molecular flexibility index (Phi) is 11.9. The van der Waals surface area contributed by atoms with Crippen LogP contribution in [0.25, 0.3) is 0 Å². The molecule has 1 aromatic rings. The molecule has 2 rings (SSSR count). The maximum atomic E-state index is 12.1. The highest BCUT2D eigenvalue weighted by Gasteiger charge is 2.21. The number of nitrogens with one attached hydrogen (secondary N) is 2. The van der Waals surface area contributed by atoms with Gasteiger partial charge in [0, 0.05) is 32.2 Å². The van der Waals surface area contributed by atoms with Gasteiger partial charge in [0.2, 0.25) is 5.91 Å². The van der Waals surface area contributed by atoms with Crippen molar-refractivity contribution in [1.82, 2.24) is 10.6 Å². The summed E-state index contributed by atoms with van der Waals surface area (Å²) in [4.78, 5) is 14.2. The van der Waals surface area contributed by atoms with E-state index in [4.69, 9.17) is 0 Å². The molecule has 2 N–H and O–H groups in total. The van der Waals surface area contributed by atoms with Gasteiger partial charge in [0.1, 0.15) is 0 Å². The van der Waals surface area contributed by atoms with E-state index in [0.717, 1.165) is 19.6 Å². The molecule has 1 aliphatic heterocycles. The van der Waals surface area contributed by atoms with E-state index in [1.807, 2.05) is 18.2 Å². The average molecular weight is 376 g/mol. The van der Waals surface area contributed by atoms with Crippen molar-refractivity contribution in [3.8, 4) is 0 Å². The smallest absolute Gasteiger partial charge is 0.220 e. The zero-order valence-corrected chi connectivity index (χ0v) is 16.3. The number of halogens is 2. The van der Waals surface area contributed by atoms with Crippen LogP contribution in [-0.2, 0) is 4.79 Å². The monoisotopic (exact) mass is 375 g/mol. The minimum atomic E-state index is 0. The highest BCUT2D eigenvalue weighted by atomic mass is 35.5. The maximum Gasteiger partial charge on any atom is 0.220 e. The molecule has 0 aromatic heterocycles. The largest absolute Gasteiger partial charge is 0.373 e. The van der Waals surface area contributed by atoms with Crippen LogP contribution in [0.3, 0.4) is 0 Å². The molecule has 2 unspecified atom stereocenters. The molecule has 0 radical (unpaired) electrons. The summed E-state index contributed by atoms with van der Waals surface area (Å²) in [7, 11) is 2.05.